The third-order valence-corrected chi connectivity index (χ3v) is 5.39. The zero-order valence-electron chi connectivity index (χ0n) is 12.6. The summed E-state index contributed by atoms with van der Waals surface area (Å²) in [6.45, 7) is 7.06. The molecule has 0 aliphatic heterocycles. The van der Waals surface area contributed by atoms with Crippen molar-refractivity contribution in [2.24, 2.45) is 5.92 Å². The Hall–Kier alpha value is -0.130. The van der Waals surface area contributed by atoms with Gasteiger partial charge in [-0.25, -0.2) is 13.1 Å². The van der Waals surface area contributed by atoms with Gasteiger partial charge in [0.05, 0.1) is 5.75 Å². The third-order valence-electron chi connectivity index (χ3n) is 3.91. The van der Waals surface area contributed by atoms with Gasteiger partial charge in [-0.15, -0.1) is 0 Å². The molecule has 0 bridgehead atoms. The van der Waals surface area contributed by atoms with Gasteiger partial charge in [0.1, 0.15) is 0 Å². The van der Waals surface area contributed by atoms with E-state index in [-0.39, 0.29) is 11.8 Å². The molecule has 114 valence electrons. The molecule has 0 aromatic carbocycles. The Kier molecular flexibility index (Phi) is 7.32. The first-order valence-electron chi connectivity index (χ1n) is 7.68. The Morgan fingerprint density at radius 2 is 1.89 bits per heavy atom. The van der Waals surface area contributed by atoms with Crippen molar-refractivity contribution in [2.45, 2.75) is 71.4 Å². The van der Waals surface area contributed by atoms with Gasteiger partial charge in [0.15, 0.2) is 0 Å². The molecule has 2 atom stereocenters. The fourth-order valence-electron chi connectivity index (χ4n) is 2.79. The van der Waals surface area contributed by atoms with Crippen LogP contribution in [0.4, 0.5) is 0 Å². The van der Waals surface area contributed by atoms with E-state index in [4.69, 9.17) is 0 Å². The summed E-state index contributed by atoms with van der Waals surface area (Å²) >= 11 is 0. The lowest BCUT2D eigenvalue weighted by Crippen LogP contribution is -2.43. The lowest BCUT2D eigenvalue weighted by atomic mass is 9.83. The van der Waals surface area contributed by atoms with Crippen LogP contribution in [0, 0.1) is 5.92 Å². The molecule has 1 aliphatic rings. The molecule has 1 fully saturated rings. The average molecular weight is 290 g/mol. The zero-order chi connectivity index (χ0) is 14.3. The van der Waals surface area contributed by atoms with Gasteiger partial charge in [0, 0.05) is 12.1 Å². The van der Waals surface area contributed by atoms with Crippen molar-refractivity contribution in [1.82, 2.24) is 10.0 Å². The minimum atomic E-state index is -3.11. The second kappa shape index (κ2) is 8.22. The van der Waals surface area contributed by atoms with Gasteiger partial charge in [-0.05, 0) is 31.7 Å². The van der Waals surface area contributed by atoms with E-state index in [0.717, 1.165) is 25.8 Å². The van der Waals surface area contributed by atoms with E-state index < -0.39 is 10.0 Å². The maximum atomic E-state index is 12.1. The van der Waals surface area contributed by atoms with Crippen LogP contribution >= 0.6 is 0 Å². The third kappa shape index (κ3) is 6.72. The molecular formula is C14H30N2O2S. The topological polar surface area (TPSA) is 58.2 Å². The van der Waals surface area contributed by atoms with Crippen molar-refractivity contribution < 1.29 is 8.42 Å². The molecular weight excluding hydrogens is 260 g/mol. The van der Waals surface area contributed by atoms with Crippen molar-refractivity contribution >= 4 is 10.0 Å². The maximum absolute atomic E-state index is 12.1. The largest absolute Gasteiger partial charge is 0.314 e. The highest BCUT2D eigenvalue weighted by molar-refractivity contribution is 7.89. The maximum Gasteiger partial charge on any atom is 0.211 e. The van der Waals surface area contributed by atoms with Gasteiger partial charge < -0.3 is 5.32 Å². The Morgan fingerprint density at radius 3 is 2.53 bits per heavy atom. The first-order chi connectivity index (χ1) is 8.94. The van der Waals surface area contributed by atoms with Crippen LogP contribution in [-0.4, -0.2) is 32.8 Å². The Balaban J connectivity index is 2.36. The summed E-state index contributed by atoms with van der Waals surface area (Å²) in [5.41, 5.74) is 0. The molecule has 4 nitrogen and oxygen atoms in total. The molecule has 5 heteroatoms. The van der Waals surface area contributed by atoms with Gasteiger partial charge >= 0.3 is 0 Å². The zero-order valence-corrected chi connectivity index (χ0v) is 13.4. The summed E-state index contributed by atoms with van der Waals surface area (Å²) in [4.78, 5) is 0. The monoisotopic (exact) mass is 290 g/mol. The molecule has 0 saturated heterocycles. The first-order valence-corrected chi connectivity index (χ1v) is 9.33. The van der Waals surface area contributed by atoms with Crippen molar-refractivity contribution in [3.05, 3.63) is 0 Å². The molecule has 1 rings (SSSR count). The van der Waals surface area contributed by atoms with Gasteiger partial charge in [0.25, 0.3) is 0 Å². The van der Waals surface area contributed by atoms with E-state index >= 15 is 0 Å². The second-order valence-corrected chi connectivity index (χ2v) is 7.83. The molecule has 0 radical (unpaired) electrons. The number of sulfonamides is 1. The normalized spacial score (nSPS) is 24.8. The van der Waals surface area contributed by atoms with E-state index in [1.54, 1.807) is 0 Å². The smallest absolute Gasteiger partial charge is 0.211 e. The molecule has 0 aromatic heterocycles. The van der Waals surface area contributed by atoms with E-state index in [0.29, 0.717) is 18.4 Å². The molecule has 0 aromatic rings. The number of rotatable bonds is 8. The Labute approximate surface area is 118 Å². The van der Waals surface area contributed by atoms with Gasteiger partial charge in [-0.1, -0.05) is 40.0 Å². The predicted octanol–water partition coefficient (Wildman–Crippen LogP) is 2.26. The van der Waals surface area contributed by atoms with Crippen LogP contribution in [0.2, 0.25) is 0 Å². The number of hydrogen-bond acceptors (Lipinski definition) is 3. The molecule has 2 unspecified atom stereocenters. The quantitative estimate of drug-likeness (QED) is 0.674. The van der Waals surface area contributed by atoms with E-state index in [2.05, 4.69) is 30.8 Å². The van der Waals surface area contributed by atoms with Crippen LogP contribution in [0.5, 0.6) is 0 Å². The molecule has 1 saturated carbocycles. The van der Waals surface area contributed by atoms with Crippen molar-refractivity contribution in [3.63, 3.8) is 0 Å². The fourth-order valence-corrected chi connectivity index (χ4v) is 4.21. The van der Waals surface area contributed by atoms with Crippen LogP contribution < -0.4 is 10.0 Å². The molecule has 19 heavy (non-hydrogen) atoms. The molecule has 0 amide bonds. The highest BCUT2D eigenvalue weighted by Gasteiger charge is 2.27. The van der Waals surface area contributed by atoms with Crippen molar-refractivity contribution in [3.8, 4) is 0 Å². The summed E-state index contributed by atoms with van der Waals surface area (Å²) < 4.78 is 27.1. The molecule has 1 aliphatic carbocycles. The van der Waals surface area contributed by atoms with Crippen molar-refractivity contribution in [1.29, 1.82) is 0 Å². The van der Waals surface area contributed by atoms with Gasteiger partial charge in [-0.2, -0.15) is 0 Å². The average Bonchev–Trinajstić information content (AvgIpc) is 2.35. The lowest BCUT2D eigenvalue weighted by molar-refractivity contribution is 0.282. The first kappa shape index (κ1) is 16.9. The highest BCUT2D eigenvalue weighted by atomic mass is 32.2. The summed E-state index contributed by atoms with van der Waals surface area (Å²) in [5, 5.41) is 3.25. The Morgan fingerprint density at radius 1 is 1.21 bits per heavy atom. The minimum absolute atomic E-state index is 0.168. The number of nitrogens with one attached hydrogen (secondary N) is 2. The summed E-state index contributed by atoms with van der Waals surface area (Å²) in [7, 11) is -3.11. The number of hydrogen-bond donors (Lipinski definition) is 2. The SMILES string of the molecule is CCC1CCCCC1NS(=O)(=O)CCCNC(C)C. The van der Waals surface area contributed by atoms with Gasteiger partial charge in [0.2, 0.25) is 10.0 Å². The highest BCUT2D eigenvalue weighted by Crippen LogP contribution is 2.27. The van der Waals surface area contributed by atoms with E-state index in [1.165, 1.54) is 12.8 Å². The molecule has 0 heterocycles. The van der Waals surface area contributed by atoms with Crippen LogP contribution in [0.25, 0.3) is 0 Å². The van der Waals surface area contributed by atoms with Crippen LogP contribution in [0.1, 0.15) is 59.3 Å². The van der Waals surface area contributed by atoms with E-state index in [9.17, 15) is 8.42 Å². The lowest BCUT2D eigenvalue weighted by Gasteiger charge is -2.31. The summed E-state index contributed by atoms with van der Waals surface area (Å²) in [6.07, 6.45) is 6.31. The predicted molar refractivity (Wildman–Crippen MR) is 80.7 cm³/mol. The van der Waals surface area contributed by atoms with Crippen LogP contribution in [0.3, 0.4) is 0 Å². The standard InChI is InChI=1S/C14H30N2O2S/c1-4-13-8-5-6-9-14(13)16-19(17,18)11-7-10-15-12(2)3/h12-16H,4-11H2,1-3H3. The minimum Gasteiger partial charge on any atom is -0.314 e. The van der Waals surface area contributed by atoms with Crippen LogP contribution in [0.15, 0.2) is 0 Å². The van der Waals surface area contributed by atoms with Crippen LogP contribution in [-0.2, 0) is 10.0 Å². The Bertz CT molecular complexity index is 341. The summed E-state index contributed by atoms with van der Waals surface area (Å²) in [6, 6.07) is 0.584. The second-order valence-electron chi connectivity index (χ2n) is 5.96. The van der Waals surface area contributed by atoms with Gasteiger partial charge in [-0.3, -0.25) is 0 Å². The van der Waals surface area contributed by atoms with E-state index in [1.807, 2.05) is 0 Å². The molecule has 2 N–H and O–H groups in total. The summed E-state index contributed by atoms with van der Waals surface area (Å²) in [5.74, 6) is 0.761. The molecule has 0 spiro atoms. The fraction of sp³-hybridized carbons (Fsp3) is 1.00. The van der Waals surface area contributed by atoms with Crippen molar-refractivity contribution in [2.75, 3.05) is 12.3 Å².